The number of hydrogen-bond donors (Lipinski definition) is 2. The van der Waals surface area contributed by atoms with Gasteiger partial charge in [0.1, 0.15) is 5.75 Å². The van der Waals surface area contributed by atoms with Gasteiger partial charge in [-0.05, 0) is 66.9 Å². The molecule has 3 aromatic carbocycles. The smallest absolute Gasteiger partial charge is 0.262 e. The summed E-state index contributed by atoms with van der Waals surface area (Å²) in [4.78, 5) is 39.1. The van der Waals surface area contributed by atoms with Gasteiger partial charge in [0.2, 0.25) is 11.8 Å². The first-order valence-electron chi connectivity index (χ1n) is 11.7. The standard InChI is InChI=1S/C28H28ClN3O4/c1-18-6-3-4-7-20(18)15-30-28(35)21-14-27(34)32(16-21)22-10-12-23(13-11-22)36-17-26(33)31-25-9-5-8-24(29)19(25)2/h3-13,21H,14-17H2,1-2H3,(H,30,35)(H,31,33)/t21-/m0/s1. The number of halogens is 1. The maximum atomic E-state index is 12.7. The largest absolute Gasteiger partial charge is 0.484 e. The highest BCUT2D eigenvalue weighted by atomic mass is 35.5. The first-order chi connectivity index (χ1) is 17.3. The Kier molecular flexibility index (Phi) is 7.90. The van der Waals surface area contributed by atoms with Crippen LogP contribution in [-0.4, -0.2) is 30.9 Å². The van der Waals surface area contributed by atoms with Crippen LogP contribution in [0.15, 0.2) is 66.7 Å². The Morgan fingerprint density at radius 1 is 1.03 bits per heavy atom. The van der Waals surface area contributed by atoms with Crippen molar-refractivity contribution >= 4 is 40.7 Å². The monoisotopic (exact) mass is 505 g/mol. The van der Waals surface area contributed by atoms with Crippen molar-refractivity contribution in [1.82, 2.24) is 5.32 Å². The van der Waals surface area contributed by atoms with Crippen LogP contribution in [0.25, 0.3) is 0 Å². The van der Waals surface area contributed by atoms with E-state index in [-0.39, 0.29) is 30.7 Å². The maximum absolute atomic E-state index is 12.7. The van der Waals surface area contributed by atoms with E-state index in [1.807, 2.05) is 38.1 Å². The molecule has 2 N–H and O–H groups in total. The molecule has 1 aliphatic rings. The SMILES string of the molecule is Cc1ccccc1CNC(=O)[C@H]1CC(=O)N(c2ccc(OCC(=O)Nc3cccc(Cl)c3C)cc2)C1. The Hall–Kier alpha value is -3.84. The molecule has 1 aliphatic heterocycles. The molecule has 186 valence electrons. The van der Waals surface area contributed by atoms with Crippen molar-refractivity contribution in [3.8, 4) is 5.75 Å². The molecule has 4 rings (SSSR count). The number of carbonyl (C=O) groups excluding carboxylic acids is 3. The summed E-state index contributed by atoms with van der Waals surface area (Å²) in [5.74, 6) is -0.448. The van der Waals surface area contributed by atoms with Crippen LogP contribution in [0, 0.1) is 19.8 Å². The topological polar surface area (TPSA) is 87.7 Å². The van der Waals surface area contributed by atoms with Crippen LogP contribution in [0.4, 0.5) is 11.4 Å². The van der Waals surface area contributed by atoms with Gasteiger partial charge in [0.15, 0.2) is 6.61 Å². The molecule has 36 heavy (non-hydrogen) atoms. The minimum atomic E-state index is -0.406. The first kappa shape index (κ1) is 25.3. The van der Waals surface area contributed by atoms with Crippen molar-refractivity contribution in [3.05, 3.63) is 88.4 Å². The molecule has 8 heteroatoms. The lowest BCUT2D eigenvalue weighted by Crippen LogP contribution is -2.32. The van der Waals surface area contributed by atoms with Gasteiger partial charge in [-0.1, -0.05) is 41.9 Å². The normalized spacial score (nSPS) is 15.0. The molecule has 1 heterocycles. The van der Waals surface area contributed by atoms with Gasteiger partial charge >= 0.3 is 0 Å². The van der Waals surface area contributed by atoms with E-state index in [1.165, 1.54) is 0 Å². The van der Waals surface area contributed by atoms with Gasteiger partial charge in [0.25, 0.3) is 5.91 Å². The van der Waals surface area contributed by atoms with E-state index in [2.05, 4.69) is 10.6 Å². The molecule has 0 saturated carbocycles. The second-order valence-electron chi connectivity index (χ2n) is 8.79. The second kappa shape index (κ2) is 11.3. The number of carbonyl (C=O) groups is 3. The van der Waals surface area contributed by atoms with E-state index in [0.29, 0.717) is 35.2 Å². The zero-order valence-electron chi connectivity index (χ0n) is 20.2. The zero-order valence-corrected chi connectivity index (χ0v) is 21.0. The third-order valence-electron chi connectivity index (χ3n) is 6.27. The lowest BCUT2D eigenvalue weighted by atomic mass is 10.1. The number of hydrogen-bond acceptors (Lipinski definition) is 4. The molecule has 0 spiro atoms. The van der Waals surface area contributed by atoms with Crippen molar-refractivity contribution in [1.29, 1.82) is 0 Å². The van der Waals surface area contributed by atoms with Crippen LogP contribution in [0.3, 0.4) is 0 Å². The summed E-state index contributed by atoms with van der Waals surface area (Å²) in [5.41, 5.74) is 4.27. The molecule has 0 radical (unpaired) electrons. The molecular formula is C28H28ClN3O4. The maximum Gasteiger partial charge on any atom is 0.262 e. The van der Waals surface area contributed by atoms with Crippen molar-refractivity contribution in [3.63, 3.8) is 0 Å². The summed E-state index contributed by atoms with van der Waals surface area (Å²) in [6.45, 7) is 4.42. The number of ether oxygens (including phenoxy) is 1. The highest BCUT2D eigenvalue weighted by Crippen LogP contribution is 2.27. The van der Waals surface area contributed by atoms with Crippen molar-refractivity contribution in [2.24, 2.45) is 5.92 Å². The van der Waals surface area contributed by atoms with E-state index in [4.69, 9.17) is 16.3 Å². The third-order valence-corrected chi connectivity index (χ3v) is 6.68. The summed E-state index contributed by atoms with van der Waals surface area (Å²) in [7, 11) is 0. The van der Waals surface area contributed by atoms with Gasteiger partial charge < -0.3 is 20.3 Å². The number of nitrogens with zero attached hydrogens (tertiary/aromatic N) is 1. The highest BCUT2D eigenvalue weighted by molar-refractivity contribution is 6.31. The van der Waals surface area contributed by atoms with E-state index in [0.717, 1.165) is 16.7 Å². The minimum Gasteiger partial charge on any atom is -0.484 e. The number of amides is 3. The Labute approximate surface area is 215 Å². The van der Waals surface area contributed by atoms with Crippen molar-refractivity contribution in [2.45, 2.75) is 26.8 Å². The van der Waals surface area contributed by atoms with Crippen LogP contribution in [0.5, 0.6) is 5.75 Å². The summed E-state index contributed by atoms with van der Waals surface area (Å²) in [6.07, 6.45) is 0.168. The number of anilines is 2. The molecule has 0 unspecified atom stereocenters. The van der Waals surface area contributed by atoms with Crippen LogP contribution in [0.2, 0.25) is 5.02 Å². The van der Waals surface area contributed by atoms with Gasteiger partial charge in [-0.3, -0.25) is 14.4 Å². The highest BCUT2D eigenvalue weighted by Gasteiger charge is 2.35. The predicted octanol–water partition coefficient (Wildman–Crippen LogP) is 4.64. The first-order valence-corrected chi connectivity index (χ1v) is 12.1. The molecule has 7 nitrogen and oxygen atoms in total. The summed E-state index contributed by atoms with van der Waals surface area (Å²) in [5, 5.41) is 6.31. The van der Waals surface area contributed by atoms with Gasteiger partial charge in [0, 0.05) is 35.9 Å². The van der Waals surface area contributed by atoms with E-state index in [9.17, 15) is 14.4 Å². The number of benzene rings is 3. The molecule has 1 saturated heterocycles. The van der Waals surface area contributed by atoms with Gasteiger partial charge in [-0.2, -0.15) is 0 Å². The van der Waals surface area contributed by atoms with Crippen LogP contribution >= 0.6 is 11.6 Å². The molecule has 1 fully saturated rings. The average molecular weight is 506 g/mol. The van der Waals surface area contributed by atoms with Gasteiger partial charge in [-0.15, -0.1) is 0 Å². The fraction of sp³-hybridized carbons (Fsp3) is 0.250. The van der Waals surface area contributed by atoms with Crippen LogP contribution in [-0.2, 0) is 20.9 Å². The molecule has 3 amide bonds. The lowest BCUT2D eigenvalue weighted by molar-refractivity contribution is -0.126. The molecule has 0 aromatic heterocycles. The van der Waals surface area contributed by atoms with Gasteiger partial charge in [0.05, 0.1) is 5.92 Å². The summed E-state index contributed by atoms with van der Waals surface area (Å²) >= 11 is 6.09. The van der Waals surface area contributed by atoms with E-state index < -0.39 is 5.92 Å². The Morgan fingerprint density at radius 3 is 2.53 bits per heavy atom. The average Bonchev–Trinajstić information content (AvgIpc) is 3.27. The van der Waals surface area contributed by atoms with Crippen LogP contribution < -0.4 is 20.3 Å². The summed E-state index contributed by atoms with van der Waals surface area (Å²) in [6, 6.07) is 20.1. The molecule has 0 aliphatic carbocycles. The zero-order chi connectivity index (χ0) is 25.7. The lowest BCUT2D eigenvalue weighted by Gasteiger charge is -2.17. The van der Waals surface area contributed by atoms with Crippen LogP contribution in [0.1, 0.15) is 23.1 Å². The van der Waals surface area contributed by atoms with Crippen molar-refractivity contribution < 1.29 is 19.1 Å². The molecular weight excluding hydrogens is 478 g/mol. The quantitative estimate of drug-likeness (QED) is 0.466. The molecule has 1 atom stereocenters. The molecule has 0 bridgehead atoms. The Bertz CT molecular complexity index is 1280. The fourth-order valence-electron chi connectivity index (χ4n) is 4.07. The second-order valence-corrected chi connectivity index (χ2v) is 9.20. The number of aryl methyl sites for hydroxylation is 1. The summed E-state index contributed by atoms with van der Waals surface area (Å²) < 4.78 is 5.58. The Morgan fingerprint density at radius 2 is 1.78 bits per heavy atom. The van der Waals surface area contributed by atoms with Crippen molar-refractivity contribution in [2.75, 3.05) is 23.4 Å². The number of rotatable bonds is 8. The Balaban J connectivity index is 1.28. The van der Waals surface area contributed by atoms with E-state index >= 15 is 0 Å². The van der Waals surface area contributed by atoms with Gasteiger partial charge in [-0.25, -0.2) is 0 Å². The predicted molar refractivity (Wildman–Crippen MR) is 140 cm³/mol. The third kappa shape index (κ3) is 6.04. The minimum absolute atomic E-state index is 0.101. The number of nitrogens with one attached hydrogen (secondary N) is 2. The fourth-order valence-corrected chi connectivity index (χ4v) is 4.24. The molecule has 3 aromatic rings. The van der Waals surface area contributed by atoms with E-state index in [1.54, 1.807) is 47.4 Å².